The highest BCUT2D eigenvalue weighted by atomic mass is 16.3. The van der Waals surface area contributed by atoms with Crippen molar-refractivity contribution in [2.75, 3.05) is 33.3 Å². The highest BCUT2D eigenvalue weighted by Gasteiger charge is 2.25. The van der Waals surface area contributed by atoms with Crippen LogP contribution in [0.3, 0.4) is 0 Å². The molecule has 3 heterocycles. The van der Waals surface area contributed by atoms with E-state index < -0.39 is 0 Å². The molecule has 0 spiro atoms. The normalized spacial score (nSPS) is 16.6. The van der Waals surface area contributed by atoms with Crippen LogP contribution in [0.5, 0.6) is 0 Å². The van der Waals surface area contributed by atoms with Crippen LogP contribution in [0.25, 0.3) is 0 Å². The van der Waals surface area contributed by atoms with Gasteiger partial charge in [0.15, 0.2) is 0 Å². The van der Waals surface area contributed by atoms with Gasteiger partial charge in [-0.25, -0.2) is 0 Å². The number of hydrogen-bond acceptors (Lipinski definition) is 6. The van der Waals surface area contributed by atoms with Gasteiger partial charge in [0.05, 0.1) is 13.2 Å². The molecular weight excluding hydrogens is 316 g/mol. The third-order valence-corrected chi connectivity index (χ3v) is 4.97. The van der Waals surface area contributed by atoms with Crippen molar-refractivity contribution in [3.05, 3.63) is 41.7 Å². The smallest absolute Gasteiger partial charge is 0.146 e. The molecule has 7 nitrogen and oxygen atoms in total. The van der Waals surface area contributed by atoms with Crippen molar-refractivity contribution in [1.29, 1.82) is 0 Å². The number of likely N-dealkylation sites (N-methyl/N-ethyl adjacent to an activating group) is 1. The Morgan fingerprint density at radius 3 is 2.76 bits per heavy atom. The van der Waals surface area contributed by atoms with E-state index in [1.807, 2.05) is 25.5 Å². The van der Waals surface area contributed by atoms with Crippen LogP contribution < -0.4 is 0 Å². The number of hydrogen-bond donors (Lipinski definition) is 1. The molecule has 1 aliphatic rings. The SMILES string of the molecule is CN(CCO)Cc1nnc(C2CCN(Cc3cccnc3)CC2)n1C. The van der Waals surface area contributed by atoms with Crippen LogP contribution >= 0.6 is 0 Å². The van der Waals surface area contributed by atoms with Crippen LogP contribution in [-0.4, -0.2) is 67.9 Å². The Morgan fingerprint density at radius 1 is 1.28 bits per heavy atom. The van der Waals surface area contributed by atoms with Gasteiger partial charge in [0.25, 0.3) is 0 Å². The zero-order valence-corrected chi connectivity index (χ0v) is 15.2. The van der Waals surface area contributed by atoms with E-state index in [0.29, 0.717) is 19.0 Å². The second kappa shape index (κ2) is 8.51. The molecule has 0 bridgehead atoms. The van der Waals surface area contributed by atoms with E-state index in [-0.39, 0.29) is 6.61 Å². The fourth-order valence-corrected chi connectivity index (χ4v) is 3.46. The fourth-order valence-electron chi connectivity index (χ4n) is 3.46. The van der Waals surface area contributed by atoms with Crippen LogP contribution in [0, 0.1) is 0 Å². The van der Waals surface area contributed by atoms with Crippen molar-refractivity contribution >= 4 is 0 Å². The van der Waals surface area contributed by atoms with Crippen LogP contribution in [0.4, 0.5) is 0 Å². The Kier molecular flexibility index (Phi) is 6.12. The van der Waals surface area contributed by atoms with Crippen LogP contribution in [0.1, 0.15) is 36.0 Å². The molecule has 0 aromatic carbocycles. The Hall–Kier alpha value is -1.83. The number of aliphatic hydroxyl groups is 1. The third kappa shape index (κ3) is 4.62. The first-order chi connectivity index (χ1) is 12.2. The fraction of sp³-hybridized carbons (Fsp3) is 0.611. The first kappa shape index (κ1) is 18.0. The van der Waals surface area contributed by atoms with E-state index in [4.69, 9.17) is 5.11 Å². The van der Waals surface area contributed by atoms with Gasteiger partial charge in [0.2, 0.25) is 0 Å². The number of aliphatic hydroxyl groups excluding tert-OH is 1. The van der Waals surface area contributed by atoms with E-state index in [0.717, 1.165) is 44.1 Å². The van der Waals surface area contributed by atoms with Gasteiger partial charge in [-0.1, -0.05) is 6.07 Å². The molecule has 25 heavy (non-hydrogen) atoms. The standard InChI is InChI=1S/C18H28N6O/c1-22(10-11-25)14-17-20-21-18(23(17)2)16-5-8-24(9-6-16)13-15-4-3-7-19-12-15/h3-4,7,12,16,25H,5-6,8-11,13-14H2,1-2H3. The summed E-state index contributed by atoms with van der Waals surface area (Å²) in [7, 11) is 4.04. The zero-order chi connectivity index (χ0) is 17.6. The molecule has 1 fully saturated rings. The van der Waals surface area contributed by atoms with E-state index in [2.05, 4.69) is 42.7 Å². The maximum atomic E-state index is 9.03. The number of nitrogens with zero attached hydrogens (tertiary/aromatic N) is 6. The minimum atomic E-state index is 0.163. The van der Waals surface area contributed by atoms with Gasteiger partial charge in [-0.2, -0.15) is 0 Å². The molecule has 136 valence electrons. The summed E-state index contributed by atoms with van der Waals surface area (Å²) in [5, 5.41) is 17.9. The van der Waals surface area contributed by atoms with Crippen molar-refractivity contribution in [2.24, 2.45) is 7.05 Å². The Morgan fingerprint density at radius 2 is 2.08 bits per heavy atom. The minimum absolute atomic E-state index is 0.163. The molecule has 0 radical (unpaired) electrons. The van der Waals surface area contributed by atoms with Gasteiger partial charge in [0, 0.05) is 38.4 Å². The van der Waals surface area contributed by atoms with Gasteiger partial charge in [0.1, 0.15) is 11.6 Å². The second-order valence-electron chi connectivity index (χ2n) is 6.91. The summed E-state index contributed by atoms with van der Waals surface area (Å²) in [5.74, 6) is 2.52. The van der Waals surface area contributed by atoms with Gasteiger partial charge in [-0.3, -0.25) is 14.8 Å². The molecule has 7 heteroatoms. The maximum Gasteiger partial charge on any atom is 0.146 e. The number of piperidine rings is 1. The highest BCUT2D eigenvalue weighted by Crippen LogP contribution is 2.27. The second-order valence-corrected chi connectivity index (χ2v) is 6.91. The van der Waals surface area contributed by atoms with Crippen molar-refractivity contribution in [1.82, 2.24) is 29.5 Å². The summed E-state index contributed by atoms with van der Waals surface area (Å²) in [6, 6.07) is 4.13. The van der Waals surface area contributed by atoms with Gasteiger partial charge in [-0.05, 0) is 44.6 Å². The Bertz CT molecular complexity index is 651. The predicted octanol–water partition coefficient (Wildman–Crippen LogP) is 1.01. The molecule has 0 amide bonds. The third-order valence-electron chi connectivity index (χ3n) is 4.97. The van der Waals surface area contributed by atoms with Crippen LogP contribution in [0.15, 0.2) is 24.5 Å². The number of likely N-dealkylation sites (tertiary alicyclic amines) is 1. The molecule has 3 rings (SSSR count). The number of aromatic nitrogens is 4. The van der Waals surface area contributed by atoms with E-state index in [1.54, 1.807) is 0 Å². The molecule has 1 N–H and O–H groups in total. The molecular formula is C18H28N6O. The first-order valence-corrected chi connectivity index (χ1v) is 8.96. The van der Waals surface area contributed by atoms with Gasteiger partial charge >= 0.3 is 0 Å². The van der Waals surface area contributed by atoms with Crippen molar-refractivity contribution < 1.29 is 5.11 Å². The lowest BCUT2D eigenvalue weighted by Gasteiger charge is -2.31. The monoisotopic (exact) mass is 344 g/mol. The average Bonchev–Trinajstić information content (AvgIpc) is 2.97. The van der Waals surface area contributed by atoms with Gasteiger partial charge < -0.3 is 9.67 Å². The summed E-state index contributed by atoms with van der Waals surface area (Å²) in [6.07, 6.45) is 5.99. The molecule has 0 unspecified atom stereocenters. The van der Waals surface area contributed by atoms with Crippen molar-refractivity contribution in [2.45, 2.75) is 31.8 Å². The minimum Gasteiger partial charge on any atom is -0.395 e. The molecule has 1 saturated heterocycles. The lowest BCUT2D eigenvalue weighted by Crippen LogP contribution is -2.33. The Labute approximate surface area is 149 Å². The first-order valence-electron chi connectivity index (χ1n) is 8.96. The van der Waals surface area contributed by atoms with Crippen LogP contribution in [-0.2, 0) is 20.1 Å². The maximum absolute atomic E-state index is 9.03. The van der Waals surface area contributed by atoms with Crippen LogP contribution in [0.2, 0.25) is 0 Å². The largest absolute Gasteiger partial charge is 0.395 e. The zero-order valence-electron chi connectivity index (χ0n) is 15.2. The predicted molar refractivity (Wildman–Crippen MR) is 95.9 cm³/mol. The quantitative estimate of drug-likeness (QED) is 0.808. The van der Waals surface area contributed by atoms with Crippen molar-refractivity contribution in [3.63, 3.8) is 0 Å². The molecule has 1 aliphatic heterocycles. The summed E-state index contributed by atoms with van der Waals surface area (Å²) in [4.78, 5) is 8.74. The highest BCUT2D eigenvalue weighted by molar-refractivity contribution is 5.09. The number of pyridine rings is 1. The summed E-state index contributed by atoms with van der Waals surface area (Å²) in [5.41, 5.74) is 1.27. The number of rotatable bonds is 7. The summed E-state index contributed by atoms with van der Waals surface area (Å²) >= 11 is 0. The lowest BCUT2D eigenvalue weighted by molar-refractivity contribution is 0.199. The molecule has 2 aromatic rings. The lowest BCUT2D eigenvalue weighted by atomic mass is 9.95. The molecule has 0 aliphatic carbocycles. The summed E-state index contributed by atoms with van der Waals surface area (Å²) in [6.45, 7) is 4.64. The Balaban J connectivity index is 1.55. The average molecular weight is 344 g/mol. The van der Waals surface area contributed by atoms with Gasteiger partial charge in [-0.15, -0.1) is 10.2 Å². The molecule has 2 aromatic heterocycles. The van der Waals surface area contributed by atoms with E-state index in [9.17, 15) is 0 Å². The van der Waals surface area contributed by atoms with E-state index >= 15 is 0 Å². The molecule has 0 saturated carbocycles. The topological polar surface area (TPSA) is 70.3 Å². The summed E-state index contributed by atoms with van der Waals surface area (Å²) < 4.78 is 2.13. The van der Waals surface area contributed by atoms with E-state index in [1.165, 1.54) is 5.56 Å². The van der Waals surface area contributed by atoms with Crippen molar-refractivity contribution in [3.8, 4) is 0 Å². The molecule has 0 atom stereocenters.